The number of nitrogens with zero attached hydrogens (tertiary/aromatic N) is 9. The molecule has 0 saturated heterocycles. The van der Waals surface area contributed by atoms with Gasteiger partial charge in [0, 0.05) is 43.6 Å². The number of aliphatic imine (C=N–C) groups is 1. The van der Waals surface area contributed by atoms with Crippen LogP contribution in [-0.4, -0.2) is 72.1 Å². The van der Waals surface area contributed by atoms with Crippen LogP contribution in [0, 0.1) is 13.8 Å². The van der Waals surface area contributed by atoms with Crippen LogP contribution in [0.15, 0.2) is 34.4 Å². The molecule has 0 atom stereocenters. The second kappa shape index (κ2) is 10.3. The zero-order valence-corrected chi connectivity index (χ0v) is 23.3. The highest BCUT2D eigenvalue weighted by molar-refractivity contribution is 6.70. The van der Waals surface area contributed by atoms with Gasteiger partial charge >= 0.3 is 0 Å². The summed E-state index contributed by atoms with van der Waals surface area (Å²) in [6.07, 6.45) is 0. The van der Waals surface area contributed by atoms with Crippen LogP contribution in [0.3, 0.4) is 0 Å². The first-order chi connectivity index (χ1) is 17.5. The van der Waals surface area contributed by atoms with Gasteiger partial charge in [0.25, 0.3) is 5.91 Å². The van der Waals surface area contributed by atoms with Crippen LogP contribution >= 0.6 is 0 Å². The van der Waals surface area contributed by atoms with E-state index in [1.165, 1.54) is 4.79 Å². The second-order valence-electron chi connectivity index (χ2n) is 9.90. The lowest BCUT2D eigenvalue weighted by atomic mass is 10.1. The Hall–Kier alpha value is -3.82. The number of hydrogen-bond donors (Lipinski definition) is 0. The first-order valence-corrected chi connectivity index (χ1v) is 12.9. The fourth-order valence-electron chi connectivity index (χ4n) is 4.65. The van der Waals surface area contributed by atoms with Gasteiger partial charge < -0.3 is 9.80 Å². The topological polar surface area (TPSA) is 96.8 Å². The summed E-state index contributed by atoms with van der Waals surface area (Å²) in [6, 6.07) is 8.10. The predicted molar refractivity (Wildman–Crippen MR) is 148 cm³/mol. The normalized spacial score (nSPS) is 14.0. The highest BCUT2D eigenvalue weighted by Crippen LogP contribution is 2.28. The number of benzene rings is 1. The van der Waals surface area contributed by atoms with Gasteiger partial charge in [-0.15, -0.1) is 15.0 Å². The van der Waals surface area contributed by atoms with Gasteiger partial charge in [-0.1, -0.05) is 0 Å². The van der Waals surface area contributed by atoms with Crippen molar-refractivity contribution in [3.05, 3.63) is 41.3 Å². The summed E-state index contributed by atoms with van der Waals surface area (Å²) in [5.41, 5.74) is 5.21. The van der Waals surface area contributed by atoms with Crippen LogP contribution in [0.1, 0.15) is 58.6 Å². The molecule has 3 heterocycles. The van der Waals surface area contributed by atoms with Crippen molar-refractivity contribution < 1.29 is 4.79 Å². The Bertz CT molecular complexity index is 1340. The molecule has 0 saturated carbocycles. The van der Waals surface area contributed by atoms with Crippen molar-refractivity contribution in [1.82, 2.24) is 29.6 Å². The Balaban J connectivity index is 1.83. The summed E-state index contributed by atoms with van der Waals surface area (Å²) in [7, 11) is 1.88. The molecule has 3 aromatic rings. The zero-order chi connectivity index (χ0) is 27.0. The lowest BCUT2D eigenvalue weighted by Crippen LogP contribution is -2.47. The number of amides is 1. The van der Waals surface area contributed by atoms with Crippen molar-refractivity contribution in [3.63, 3.8) is 0 Å². The average Bonchev–Trinajstić information content (AvgIpc) is 3.49. The van der Waals surface area contributed by atoms with Crippen LogP contribution < -0.4 is 4.90 Å². The van der Waals surface area contributed by atoms with E-state index in [-0.39, 0.29) is 23.7 Å². The van der Waals surface area contributed by atoms with Crippen molar-refractivity contribution in [3.8, 4) is 11.5 Å². The average molecular weight is 504 g/mol. The van der Waals surface area contributed by atoms with E-state index in [2.05, 4.69) is 46.2 Å². The summed E-state index contributed by atoms with van der Waals surface area (Å²) >= 11 is 0. The first-order valence-electron chi connectivity index (χ1n) is 12.9. The Morgan fingerprint density at radius 2 is 1.70 bits per heavy atom. The van der Waals surface area contributed by atoms with Crippen molar-refractivity contribution in [1.29, 1.82) is 0 Å². The van der Waals surface area contributed by atoms with Gasteiger partial charge in [-0.05, 0) is 85.2 Å². The van der Waals surface area contributed by atoms with E-state index >= 15 is 0 Å². The van der Waals surface area contributed by atoms with Gasteiger partial charge in [-0.25, -0.2) is 9.98 Å². The minimum atomic E-state index is -0.191. The Kier molecular flexibility index (Phi) is 7.29. The SMILES string of the molecule is CCN(CC)c1ccc(N=C2C(C(=O)N(C(C)C)C(C)C)=Nn3nc(-c4cc(C)n(C)n4)nc32)c(C)c1. The number of rotatable bonds is 8. The van der Waals surface area contributed by atoms with Crippen LogP contribution in [0.4, 0.5) is 11.4 Å². The summed E-state index contributed by atoms with van der Waals surface area (Å²) < 4.78 is 1.78. The largest absolute Gasteiger partial charge is 0.372 e. The van der Waals surface area contributed by atoms with Gasteiger partial charge in [0.1, 0.15) is 11.4 Å². The molecule has 1 aliphatic heterocycles. The standard InChI is InChI=1S/C27H37N9O/c1-10-34(11-2)20-12-13-21(18(7)14-20)28-23-24(27(37)35(16(3)4)17(5)6)31-36-26(23)29-25(32-36)22-15-19(8)33(9)30-22/h12-17H,10-11H2,1-9H3. The maximum absolute atomic E-state index is 13.7. The lowest BCUT2D eigenvalue weighted by molar-refractivity contribution is -0.127. The number of hydrogen-bond acceptors (Lipinski definition) is 7. The minimum absolute atomic E-state index is 0.000485. The third kappa shape index (κ3) is 4.92. The van der Waals surface area contributed by atoms with Crippen molar-refractivity contribution in [2.24, 2.45) is 17.1 Å². The summed E-state index contributed by atoms with van der Waals surface area (Å²) in [6.45, 7) is 18.1. The molecule has 0 unspecified atom stereocenters. The van der Waals surface area contributed by atoms with Crippen molar-refractivity contribution >= 4 is 28.7 Å². The number of fused-ring (bicyclic) bond motifs is 1. The highest BCUT2D eigenvalue weighted by atomic mass is 16.2. The first kappa shape index (κ1) is 26.2. The third-order valence-corrected chi connectivity index (χ3v) is 6.66. The molecule has 37 heavy (non-hydrogen) atoms. The number of anilines is 1. The van der Waals surface area contributed by atoms with E-state index in [0.29, 0.717) is 23.1 Å². The molecular weight excluding hydrogens is 466 g/mol. The van der Waals surface area contributed by atoms with Gasteiger partial charge in [-0.2, -0.15) is 5.10 Å². The van der Waals surface area contributed by atoms with Gasteiger partial charge in [0.2, 0.25) is 11.6 Å². The zero-order valence-electron chi connectivity index (χ0n) is 23.3. The number of aryl methyl sites for hydroxylation is 3. The molecule has 0 radical (unpaired) electrons. The van der Waals surface area contributed by atoms with E-state index in [1.807, 2.05) is 60.7 Å². The molecule has 0 spiro atoms. The fraction of sp³-hybridized carbons (Fsp3) is 0.481. The quantitative estimate of drug-likeness (QED) is 0.461. The monoisotopic (exact) mass is 503 g/mol. The van der Waals surface area contributed by atoms with E-state index in [1.54, 1.807) is 9.58 Å². The summed E-state index contributed by atoms with van der Waals surface area (Å²) in [4.78, 5) is 28.9. The van der Waals surface area contributed by atoms with Crippen LogP contribution in [0.2, 0.25) is 0 Å². The molecule has 1 aromatic carbocycles. The molecule has 0 bridgehead atoms. The molecule has 10 heteroatoms. The van der Waals surface area contributed by atoms with Crippen molar-refractivity contribution in [2.75, 3.05) is 18.0 Å². The molecule has 0 fully saturated rings. The number of carbonyl (C=O) groups excluding carboxylic acids is 1. The van der Waals surface area contributed by atoms with E-state index < -0.39 is 0 Å². The predicted octanol–water partition coefficient (Wildman–Crippen LogP) is 4.13. The smallest absolute Gasteiger partial charge is 0.277 e. The Labute approximate surface area is 218 Å². The molecule has 2 aromatic heterocycles. The van der Waals surface area contributed by atoms with E-state index in [0.717, 1.165) is 35.7 Å². The van der Waals surface area contributed by atoms with Crippen molar-refractivity contribution in [2.45, 2.75) is 67.5 Å². The third-order valence-electron chi connectivity index (χ3n) is 6.66. The Morgan fingerprint density at radius 1 is 1.03 bits per heavy atom. The van der Waals surface area contributed by atoms with Gasteiger partial charge in [0.05, 0.1) is 5.69 Å². The second-order valence-corrected chi connectivity index (χ2v) is 9.90. The summed E-state index contributed by atoms with van der Waals surface area (Å²) in [5.74, 6) is 0.685. The molecule has 196 valence electrons. The lowest BCUT2D eigenvalue weighted by Gasteiger charge is -2.30. The number of carbonyl (C=O) groups is 1. The van der Waals surface area contributed by atoms with Crippen LogP contribution in [-0.2, 0) is 11.8 Å². The molecule has 10 nitrogen and oxygen atoms in total. The van der Waals surface area contributed by atoms with E-state index in [4.69, 9.17) is 9.98 Å². The molecule has 1 amide bonds. The molecule has 0 N–H and O–H groups in total. The van der Waals surface area contributed by atoms with Gasteiger partial charge in [0.15, 0.2) is 5.71 Å². The molecule has 1 aliphatic rings. The summed E-state index contributed by atoms with van der Waals surface area (Å²) in [5, 5.41) is 13.6. The fourth-order valence-corrected chi connectivity index (χ4v) is 4.65. The minimum Gasteiger partial charge on any atom is -0.372 e. The molecule has 0 aliphatic carbocycles. The molecule has 4 rings (SSSR count). The van der Waals surface area contributed by atoms with Crippen LogP contribution in [0.5, 0.6) is 0 Å². The van der Waals surface area contributed by atoms with Gasteiger partial charge in [-0.3, -0.25) is 9.48 Å². The number of aromatic nitrogens is 5. The van der Waals surface area contributed by atoms with Crippen LogP contribution in [0.25, 0.3) is 11.5 Å². The molecular formula is C27H37N9O. The maximum atomic E-state index is 13.7. The maximum Gasteiger partial charge on any atom is 0.277 e. The highest BCUT2D eigenvalue weighted by Gasteiger charge is 2.36. The Morgan fingerprint density at radius 3 is 2.24 bits per heavy atom. The van der Waals surface area contributed by atoms with E-state index in [9.17, 15) is 4.79 Å².